The molecule has 0 aromatic rings. The minimum Gasteiger partial charge on any atom is -0.469 e. The van der Waals surface area contributed by atoms with Crippen LogP contribution in [0.25, 0.3) is 0 Å². The van der Waals surface area contributed by atoms with Crippen LogP contribution in [0.3, 0.4) is 0 Å². The maximum Gasteiger partial charge on any atom is 0.311 e. The molecule has 1 unspecified atom stereocenters. The maximum absolute atomic E-state index is 11.8. The highest BCUT2D eigenvalue weighted by Crippen LogP contribution is 2.61. The van der Waals surface area contributed by atoms with Crippen molar-refractivity contribution in [2.45, 2.75) is 45.6 Å². The first-order valence-electron chi connectivity index (χ1n) is 6.14. The molecule has 2 aliphatic carbocycles. The number of carbonyl (C=O) groups is 1. The third-order valence-corrected chi connectivity index (χ3v) is 4.95. The van der Waals surface area contributed by atoms with E-state index in [1.54, 1.807) is 0 Å². The van der Waals surface area contributed by atoms with Gasteiger partial charge in [-0.15, -0.1) is 0 Å². The molecular formula is C13H22O3. The van der Waals surface area contributed by atoms with Gasteiger partial charge in [0.2, 0.25) is 0 Å². The van der Waals surface area contributed by atoms with E-state index in [1.807, 2.05) is 0 Å². The van der Waals surface area contributed by atoms with Crippen LogP contribution >= 0.6 is 0 Å². The van der Waals surface area contributed by atoms with Crippen molar-refractivity contribution in [1.82, 2.24) is 0 Å². The molecule has 0 aromatic heterocycles. The van der Waals surface area contributed by atoms with E-state index in [1.165, 1.54) is 7.11 Å². The smallest absolute Gasteiger partial charge is 0.311 e. The van der Waals surface area contributed by atoms with Crippen LogP contribution in [0.1, 0.15) is 40.0 Å². The van der Waals surface area contributed by atoms with Gasteiger partial charge in [-0.1, -0.05) is 20.8 Å². The van der Waals surface area contributed by atoms with Crippen molar-refractivity contribution < 1.29 is 14.6 Å². The zero-order valence-corrected chi connectivity index (χ0v) is 10.6. The first kappa shape index (κ1) is 11.9. The summed E-state index contributed by atoms with van der Waals surface area (Å²) in [5, 5.41) is 10.9. The van der Waals surface area contributed by atoms with Gasteiger partial charge < -0.3 is 9.84 Å². The summed E-state index contributed by atoms with van der Waals surface area (Å²) in [5.74, 6) is -0.149. The molecule has 0 bridgehead atoms. The summed E-state index contributed by atoms with van der Waals surface area (Å²) in [6, 6.07) is 0. The number of methoxy groups -OCH3 is 1. The summed E-state index contributed by atoms with van der Waals surface area (Å²) in [7, 11) is 1.41. The molecule has 0 spiro atoms. The number of rotatable bonds is 1. The van der Waals surface area contributed by atoms with E-state index in [0.717, 1.165) is 19.3 Å². The predicted octanol–water partition coefficient (Wildman–Crippen LogP) is 1.98. The van der Waals surface area contributed by atoms with Crippen LogP contribution in [0, 0.1) is 23.2 Å². The quantitative estimate of drug-likeness (QED) is 0.695. The van der Waals surface area contributed by atoms with Crippen molar-refractivity contribution in [2.75, 3.05) is 7.11 Å². The number of hydrogen-bond donors (Lipinski definition) is 1. The van der Waals surface area contributed by atoms with E-state index in [0.29, 0.717) is 0 Å². The Kier molecular flexibility index (Phi) is 2.57. The van der Waals surface area contributed by atoms with Crippen molar-refractivity contribution >= 4 is 5.97 Å². The molecule has 2 saturated carbocycles. The molecule has 1 N–H and O–H groups in total. The molecule has 0 amide bonds. The summed E-state index contributed by atoms with van der Waals surface area (Å²) in [4.78, 5) is 11.8. The number of hydrogen-bond acceptors (Lipinski definition) is 3. The third-order valence-electron chi connectivity index (χ3n) is 4.95. The molecule has 0 heterocycles. The molecule has 92 valence electrons. The molecule has 2 fully saturated rings. The van der Waals surface area contributed by atoms with Gasteiger partial charge in [-0.2, -0.15) is 0 Å². The van der Waals surface area contributed by atoms with Crippen LogP contribution in [-0.2, 0) is 9.53 Å². The van der Waals surface area contributed by atoms with Crippen molar-refractivity contribution in [3.8, 4) is 0 Å². The van der Waals surface area contributed by atoms with Gasteiger partial charge in [0, 0.05) is 0 Å². The highest BCUT2D eigenvalue weighted by molar-refractivity contribution is 5.74. The second-order valence-electron chi connectivity index (χ2n) is 6.19. The summed E-state index contributed by atoms with van der Waals surface area (Å²) < 4.78 is 4.85. The van der Waals surface area contributed by atoms with E-state index in [4.69, 9.17) is 4.74 Å². The lowest BCUT2D eigenvalue weighted by Gasteiger charge is -2.34. The lowest BCUT2D eigenvalue weighted by atomic mass is 9.76. The SMILES string of the molecule is COC(=O)[C@H]1CC(C)(C)[C@@H]2CCC(C)[C@]12O. The Balaban J connectivity index is 2.38. The van der Waals surface area contributed by atoms with E-state index in [-0.39, 0.29) is 29.1 Å². The van der Waals surface area contributed by atoms with Crippen LogP contribution in [0.15, 0.2) is 0 Å². The summed E-state index contributed by atoms with van der Waals surface area (Å²) in [6.07, 6.45) is 2.78. The van der Waals surface area contributed by atoms with E-state index >= 15 is 0 Å². The van der Waals surface area contributed by atoms with Crippen LogP contribution in [0.2, 0.25) is 0 Å². The fourth-order valence-corrected chi connectivity index (χ4v) is 4.07. The van der Waals surface area contributed by atoms with Crippen LogP contribution in [-0.4, -0.2) is 23.8 Å². The monoisotopic (exact) mass is 226 g/mol. The second-order valence-corrected chi connectivity index (χ2v) is 6.19. The number of esters is 1. The normalized spacial score (nSPS) is 45.4. The number of aliphatic hydroxyl groups is 1. The van der Waals surface area contributed by atoms with Gasteiger partial charge in [0.15, 0.2) is 0 Å². The zero-order chi connectivity index (χ0) is 12.1. The zero-order valence-electron chi connectivity index (χ0n) is 10.6. The fourth-order valence-electron chi connectivity index (χ4n) is 4.07. The Bertz CT molecular complexity index is 310. The van der Waals surface area contributed by atoms with Crippen molar-refractivity contribution in [2.24, 2.45) is 23.2 Å². The van der Waals surface area contributed by atoms with Crippen molar-refractivity contribution in [1.29, 1.82) is 0 Å². The fraction of sp³-hybridized carbons (Fsp3) is 0.923. The van der Waals surface area contributed by atoms with Gasteiger partial charge in [-0.25, -0.2) is 0 Å². The lowest BCUT2D eigenvalue weighted by molar-refractivity contribution is -0.157. The topological polar surface area (TPSA) is 46.5 Å². The average Bonchev–Trinajstić information content (AvgIpc) is 2.62. The molecule has 3 heteroatoms. The molecule has 3 nitrogen and oxygen atoms in total. The average molecular weight is 226 g/mol. The van der Waals surface area contributed by atoms with Crippen molar-refractivity contribution in [3.05, 3.63) is 0 Å². The third kappa shape index (κ3) is 1.33. The first-order chi connectivity index (χ1) is 7.34. The van der Waals surface area contributed by atoms with Gasteiger partial charge in [0.05, 0.1) is 18.6 Å². The largest absolute Gasteiger partial charge is 0.469 e. The molecule has 0 aromatic carbocycles. The Hall–Kier alpha value is -0.570. The van der Waals surface area contributed by atoms with E-state index in [9.17, 15) is 9.90 Å². The Morgan fingerprint density at radius 2 is 2.00 bits per heavy atom. The highest BCUT2D eigenvalue weighted by atomic mass is 16.5. The lowest BCUT2D eigenvalue weighted by Crippen LogP contribution is -2.45. The van der Waals surface area contributed by atoms with Crippen LogP contribution in [0.5, 0.6) is 0 Å². The first-order valence-corrected chi connectivity index (χ1v) is 6.14. The Morgan fingerprint density at radius 3 is 2.56 bits per heavy atom. The van der Waals surface area contributed by atoms with Gasteiger partial charge in [-0.3, -0.25) is 4.79 Å². The molecule has 4 atom stereocenters. The molecular weight excluding hydrogens is 204 g/mol. The molecule has 0 radical (unpaired) electrons. The molecule has 2 rings (SSSR count). The summed E-state index contributed by atoms with van der Waals surface area (Å²) in [5.41, 5.74) is -0.797. The number of carbonyl (C=O) groups excluding carboxylic acids is 1. The van der Waals surface area contributed by atoms with E-state index < -0.39 is 5.60 Å². The van der Waals surface area contributed by atoms with Gasteiger partial charge >= 0.3 is 5.97 Å². The summed E-state index contributed by atoms with van der Waals surface area (Å²) in [6.45, 7) is 6.37. The second kappa shape index (κ2) is 3.46. The van der Waals surface area contributed by atoms with Crippen molar-refractivity contribution in [3.63, 3.8) is 0 Å². The van der Waals surface area contributed by atoms with Crippen LogP contribution < -0.4 is 0 Å². The molecule has 0 saturated heterocycles. The highest BCUT2D eigenvalue weighted by Gasteiger charge is 2.65. The Morgan fingerprint density at radius 1 is 1.38 bits per heavy atom. The van der Waals surface area contributed by atoms with Crippen LogP contribution in [0.4, 0.5) is 0 Å². The predicted molar refractivity (Wildman–Crippen MR) is 60.7 cm³/mol. The molecule has 0 aliphatic heterocycles. The summed E-state index contributed by atoms with van der Waals surface area (Å²) >= 11 is 0. The number of fused-ring (bicyclic) bond motifs is 1. The minimum atomic E-state index is -0.837. The van der Waals surface area contributed by atoms with Gasteiger partial charge in [-0.05, 0) is 36.5 Å². The standard InChI is InChI=1S/C13H22O3/c1-8-5-6-10-12(2,3)7-9(11(14)16-4)13(8,10)15/h8-10,15H,5-7H2,1-4H3/t8?,9-,10+,13+/m1/s1. The minimum absolute atomic E-state index is 0.0400. The van der Waals surface area contributed by atoms with E-state index in [2.05, 4.69) is 20.8 Å². The maximum atomic E-state index is 11.8. The van der Waals surface area contributed by atoms with Gasteiger partial charge in [0.25, 0.3) is 0 Å². The molecule has 2 aliphatic rings. The molecule has 16 heavy (non-hydrogen) atoms. The number of ether oxygens (including phenoxy) is 1. The van der Waals surface area contributed by atoms with Gasteiger partial charge in [0.1, 0.15) is 0 Å². The Labute approximate surface area is 97.2 Å².